The van der Waals surface area contributed by atoms with Crippen molar-refractivity contribution < 1.29 is 17.5 Å². The molecule has 2 aromatic carbocycles. The largest absolute Gasteiger partial charge is 0.494 e. The maximum atomic E-state index is 13.1. The van der Waals surface area contributed by atoms with Gasteiger partial charge in [0.1, 0.15) is 11.6 Å². The van der Waals surface area contributed by atoms with Crippen molar-refractivity contribution in [1.29, 1.82) is 0 Å². The average Bonchev–Trinajstić information content (AvgIpc) is 2.44. The summed E-state index contributed by atoms with van der Waals surface area (Å²) in [6.07, 6.45) is 0. The summed E-state index contributed by atoms with van der Waals surface area (Å²) in [4.78, 5) is -0.102. The molecular weight excluding hydrogens is 295 g/mol. The summed E-state index contributed by atoms with van der Waals surface area (Å²) in [5, 5.41) is 0. The van der Waals surface area contributed by atoms with E-state index in [2.05, 4.69) is 4.72 Å². The SMILES string of the molecule is CCOc1ccc(NS(=O)(=O)c2ccc(F)c(N)c2)cc1. The molecular formula is C14H15FN2O3S. The van der Waals surface area contributed by atoms with E-state index in [0.717, 1.165) is 18.2 Å². The number of nitrogens with one attached hydrogen (secondary N) is 1. The highest BCUT2D eigenvalue weighted by molar-refractivity contribution is 7.92. The van der Waals surface area contributed by atoms with Gasteiger partial charge in [0, 0.05) is 5.69 Å². The number of anilines is 2. The van der Waals surface area contributed by atoms with Crippen LogP contribution in [0.4, 0.5) is 15.8 Å². The molecule has 0 radical (unpaired) electrons. The molecule has 5 nitrogen and oxygen atoms in total. The Labute approximate surface area is 122 Å². The van der Waals surface area contributed by atoms with Crippen molar-refractivity contribution in [3.05, 3.63) is 48.3 Å². The first-order valence-corrected chi connectivity index (χ1v) is 7.71. The fourth-order valence-corrected chi connectivity index (χ4v) is 2.78. The molecule has 0 aromatic heterocycles. The second-order valence-electron chi connectivity index (χ2n) is 4.25. The maximum Gasteiger partial charge on any atom is 0.261 e. The highest BCUT2D eigenvalue weighted by atomic mass is 32.2. The molecule has 0 bridgehead atoms. The quantitative estimate of drug-likeness (QED) is 0.832. The summed E-state index contributed by atoms with van der Waals surface area (Å²) < 4.78 is 45.0. The van der Waals surface area contributed by atoms with E-state index in [1.807, 2.05) is 6.92 Å². The molecule has 0 aliphatic carbocycles. The van der Waals surface area contributed by atoms with Crippen molar-refractivity contribution in [3.63, 3.8) is 0 Å². The first-order valence-electron chi connectivity index (χ1n) is 6.23. The van der Waals surface area contributed by atoms with Crippen LogP contribution in [0.15, 0.2) is 47.4 Å². The molecule has 0 amide bonds. The Balaban J connectivity index is 2.22. The van der Waals surface area contributed by atoms with Gasteiger partial charge < -0.3 is 10.5 Å². The molecule has 0 atom stereocenters. The van der Waals surface area contributed by atoms with Gasteiger partial charge >= 0.3 is 0 Å². The van der Waals surface area contributed by atoms with Crippen molar-refractivity contribution >= 4 is 21.4 Å². The van der Waals surface area contributed by atoms with Crippen molar-refractivity contribution in [2.24, 2.45) is 0 Å². The van der Waals surface area contributed by atoms with Crippen molar-refractivity contribution in [3.8, 4) is 5.75 Å². The maximum absolute atomic E-state index is 13.1. The Bertz CT molecular complexity index is 730. The number of nitrogen functional groups attached to an aromatic ring is 1. The van der Waals surface area contributed by atoms with E-state index < -0.39 is 15.8 Å². The van der Waals surface area contributed by atoms with Crippen LogP contribution in [-0.4, -0.2) is 15.0 Å². The van der Waals surface area contributed by atoms with E-state index >= 15 is 0 Å². The fourth-order valence-electron chi connectivity index (χ4n) is 1.69. The van der Waals surface area contributed by atoms with Gasteiger partial charge in [-0.2, -0.15) is 0 Å². The lowest BCUT2D eigenvalue weighted by molar-refractivity contribution is 0.340. The van der Waals surface area contributed by atoms with Crippen LogP contribution in [0.2, 0.25) is 0 Å². The summed E-state index contributed by atoms with van der Waals surface area (Å²) in [6.45, 7) is 2.38. The minimum absolute atomic E-state index is 0.102. The molecule has 3 N–H and O–H groups in total. The summed E-state index contributed by atoms with van der Waals surface area (Å²) >= 11 is 0. The van der Waals surface area contributed by atoms with Gasteiger partial charge in [-0.3, -0.25) is 4.72 Å². The second-order valence-corrected chi connectivity index (χ2v) is 5.93. The minimum Gasteiger partial charge on any atom is -0.494 e. The summed E-state index contributed by atoms with van der Waals surface area (Å²) in [7, 11) is -3.82. The van der Waals surface area contributed by atoms with E-state index in [1.54, 1.807) is 24.3 Å². The summed E-state index contributed by atoms with van der Waals surface area (Å²) in [5.41, 5.74) is 5.54. The molecule has 112 valence electrons. The van der Waals surface area contributed by atoms with Crippen LogP contribution in [0.5, 0.6) is 5.75 Å². The second kappa shape index (κ2) is 6.01. The Hall–Kier alpha value is -2.28. The zero-order valence-electron chi connectivity index (χ0n) is 11.3. The average molecular weight is 310 g/mol. The normalized spacial score (nSPS) is 11.1. The number of hydrogen-bond donors (Lipinski definition) is 2. The van der Waals surface area contributed by atoms with Crippen LogP contribution in [0.3, 0.4) is 0 Å². The zero-order chi connectivity index (χ0) is 15.5. The summed E-state index contributed by atoms with van der Waals surface area (Å²) in [6, 6.07) is 9.71. The minimum atomic E-state index is -3.82. The van der Waals surface area contributed by atoms with E-state index in [1.165, 1.54) is 0 Å². The van der Waals surface area contributed by atoms with Crippen LogP contribution in [0.25, 0.3) is 0 Å². The fraction of sp³-hybridized carbons (Fsp3) is 0.143. The monoisotopic (exact) mass is 310 g/mol. The molecule has 0 saturated heterocycles. The van der Waals surface area contributed by atoms with Crippen LogP contribution in [-0.2, 0) is 10.0 Å². The summed E-state index contributed by atoms with van der Waals surface area (Å²) in [5.74, 6) is -0.0125. The number of hydrogen-bond acceptors (Lipinski definition) is 4. The van der Waals surface area contributed by atoms with Crippen molar-refractivity contribution in [1.82, 2.24) is 0 Å². The van der Waals surface area contributed by atoms with Gasteiger partial charge in [0.05, 0.1) is 17.2 Å². The Morgan fingerprint density at radius 3 is 2.43 bits per heavy atom. The van der Waals surface area contributed by atoms with Gasteiger partial charge in [0.15, 0.2) is 0 Å². The highest BCUT2D eigenvalue weighted by Gasteiger charge is 2.15. The molecule has 21 heavy (non-hydrogen) atoms. The number of halogens is 1. The molecule has 2 rings (SSSR count). The smallest absolute Gasteiger partial charge is 0.261 e. The number of sulfonamides is 1. The predicted molar refractivity (Wildman–Crippen MR) is 79.2 cm³/mol. The number of rotatable bonds is 5. The van der Waals surface area contributed by atoms with Gasteiger partial charge in [0.2, 0.25) is 0 Å². The van der Waals surface area contributed by atoms with Crippen LogP contribution >= 0.6 is 0 Å². The number of ether oxygens (including phenoxy) is 1. The Kier molecular flexibility index (Phi) is 4.32. The topological polar surface area (TPSA) is 81.4 Å². The molecule has 0 heterocycles. The molecule has 2 aromatic rings. The molecule has 7 heteroatoms. The van der Waals surface area contributed by atoms with Crippen LogP contribution in [0, 0.1) is 5.82 Å². The number of benzene rings is 2. The Morgan fingerprint density at radius 1 is 1.19 bits per heavy atom. The van der Waals surface area contributed by atoms with Gasteiger partial charge in [-0.1, -0.05) is 0 Å². The molecule has 0 spiro atoms. The first-order chi connectivity index (χ1) is 9.92. The van der Waals surface area contributed by atoms with E-state index in [4.69, 9.17) is 10.5 Å². The molecule has 0 unspecified atom stereocenters. The molecule has 0 aliphatic heterocycles. The first kappa shape index (κ1) is 15.1. The lowest BCUT2D eigenvalue weighted by Crippen LogP contribution is -2.13. The van der Waals surface area contributed by atoms with Gasteiger partial charge in [0.25, 0.3) is 10.0 Å². The zero-order valence-corrected chi connectivity index (χ0v) is 12.2. The van der Waals surface area contributed by atoms with E-state index in [-0.39, 0.29) is 10.6 Å². The third-order valence-electron chi connectivity index (χ3n) is 2.70. The lowest BCUT2D eigenvalue weighted by Gasteiger charge is -2.10. The van der Waals surface area contributed by atoms with Crippen molar-refractivity contribution in [2.45, 2.75) is 11.8 Å². The van der Waals surface area contributed by atoms with E-state index in [9.17, 15) is 12.8 Å². The lowest BCUT2D eigenvalue weighted by atomic mass is 10.3. The molecule has 0 fully saturated rings. The van der Waals surface area contributed by atoms with Gasteiger partial charge in [-0.25, -0.2) is 12.8 Å². The predicted octanol–water partition coefficient (Wildman–Crippen LogP) is 2.61. The van der Waals surface area contributed by atoms with E-state index in [0.29, 0.717) is 18.0 Å². The van der Waals surface area contributed by atoms with Gasteiger partial charge in [-0.15, -0.1) is 0 Å². The highest BCUT2D eigenvalue weighted by Crippen LogP contribution is 2.21. The van der Waals surface area contributed by atoms with Crippen molar-refractivity contribution in [2.75, 3.05) is 17.1 Å². The van der Waals surface area contributed by atoms with Crippen LogP contribution < -0.4 is 15.2 Å². The van der Waals surface area contributed by atoms with Gasteiger partial charge in [-0.05, 0) is 49.4 Å². The standard InChI is InChI=1S/C14H15FN2O3S/c1-2-20-11-5-3-10(4-6-11)17-21(18,19)12-7-8-13(15)14(16)9-12/h3-9,17H,2,16H2,1H3. The van der Waals surface area contributed by atoms with Crippen LogP contribution in [0.1, 0.15) is 6.92 Å². The third kappa shape index (κ3) is 3.63. The molecule has 0 saturated carbocycles. The Morgan fingerprint density at radius 2 is 1.86 bits per heavy atom. The third-order valence-corrected chi connectivity index (χ3v) is 4.07. The number of nitrogens with two attached hydrogens (primary N) is 1. The molecule has 0 aliphatic rings.